The van der Waals surface area contributed by atoms with E-state index < -0.39 is 0 Å². The van der Waals surface area contributed by atoms with Gasteiger partial charge in [0.25, 0.3) is 0 Å². The van der Waals surface area contributed by atoms with Crippen molar-refractivity contribution in [3.05, 3.63) is 52.7 Å². The van der Waals surface area contributed by atoms with Gasteiger partial charge in [0.2, 0.25) is 17.7 Å². The third-order valence-electron chi connectivity index (χ3n) is 5.79. The van der Waals surface area contributed by atoms with Gasteiger partial charge in [-0.2, -0.15) is 0 Å². The van der Waals surface area contributed by atoms with E-state index in [1.807, 2.05) is 44.2 Å². The number of carbonyl (C=O) groups is 3. The summed E-state index contributed by atoms with van der Waals surface area (Å²) in [6.07, 6.45) is 8.65. The second kappa shape index (κ2) is 12.2. The first-order chi connectivity index (χ1) is 15.3. The highest BCUT2D eigenvalue weighted by Gasteiger charge is 2.24. The SMILES string of the molecule is CC(=O)N(C1=CC=C(C(=O)N(C)CCCCCCC(=O)NO)CC1)c1c(C)cccc1C. The minimum absolute atomic E-state index is 0.0152. The van der Waals surface area contributed by atoms with Gasteiger partial charge >= 0.3 is 0 Å². The molecule has 0 radical (unpaired) electrons. The minimum Gasteiger partial charge on any atom is -0.342 e. The molecule has 1 aliphatic rings. The van der Waals surface area contributed by atoms with E-state index in [2.05, 4.69) is 0 Å². The zero-order chi connectivity index (χ0) is 23.7. The van der Waals surface area contributed by atoms with E-state index in [0.717, 1.165) is 53.8 Å². The van der Waals surface area contributed by atoms with E-state index in [-0.39, 0.29) is 17.7 Å². The van der Waals surface area contributed by atoms with Crippen molar-refractivity contribution in [1.82, 2.24) is 10.4 Å². The van der Waals surface area contributed by atoms with Crippen LogP contribution in [0.1, 0.15) is 63.0 Å². The Morgan fingerprint density at radius 1 is 1.00 bits per heavy atom. The Labute approximate surface area is 190 Å². The van der Waals surface area contributed by atoms with Crippen LogP contribution in [-0.2, 0) is 14.4 Å². The number of rotatable bonds is 10. The van der Waals surface area contributed by atoms with Crippen LogP contribution < -0.4 is 10.4 Å². The zero-order valence-corrected chi connectivity index (χ0v) is 19.6. The zero-order valence-electron chi connectivity index (χ0n) is 19.6. The summed E-state index contributed by atoms with van der Waals surface area (Å²) in [6, 6.07) is 5.99. The topological polar surface area (TPSA) is 90.0 Å². The smallest absolute Gasteiger partial charge is 0.249 e. The van der Waals surface area contributed by atoms with Crippen LogP contribution in [0.3, 0.4) is 0 Å². The molecule has 1 aromatic carbocycles. The van der Waals surface area contributed by atoms with E-state index in [9.17, 15) is 14.4 Å². The maximum atomic E-state index is 12.8. The lowest BCUT2D eigenvalue weighted by Gasteiger charge is -2.29. The Kier molecular flexibility index (Phi) is 9.65. The van der Waals surface area contributed by atoms with E-state index in [1.54, 1.807) is 29.3 Å². The molecule has 3 amide bonds. The molecule has 0 spiro atoms. The lowest BCUT2D eigenvalue weighted by molar-refractivity contribution is -0.129. The normalized spacial score (nSPS) is 13.2. The number of aryl methyl sites for hydroxylation is 2. The summed E-state index contributed by atoms with van der Waals surface area (Å²) in [5.41, 5.74) is 6.30. The van der Waals surface area contributed by atoms with Crippen molar-refractivity contribution in [3.63, 3.8) is 0 Å². The third kappa shape index (κ3) is 6.79. The Hall–Kier alpha value is -2.93. The van der Waals surface area contributed by atoms with Gasteiger partial charge in [-0.15, -0.1) is 0 Å². The average Bonchev–Trinajstić information content (AvgIpc) is 2.77. The van der Waals surface area contributed by atoms with Crippen LogP contribution in [0.5, 0.6) is 0 Å². The predicted molar refractivity (Wildman–Crippen MR) is 125 cm³/mol. The highest BCUT2D eigenvalue weighted by atomic mass is 16.5. The van der Waals surface area contributed by atoms with Crippen molar-refractivity contribution >= 4 is 23.4 Å². The van der Waals surface area contributed by atoms with Crippen molar-refractivity contribution in [2.75, 3.05) is 18.5 Å². The molecule has 0 heterocycles. The monoisotopic (exact) mass is 441 g/mol. The molecule has 0 unspecified atom stereocenters. The van der Waals surface area contributed by atoms with Gasteiger partial charge in [0.1, 0.15) is 0 Å². The Bertz CT molecular complexity index is 884. The summed E-state index contributed by atoms with van der Waals surface area (Å²) in [4.78, 5) is 39.8. The van der Waals surface area contributed by atoms with Gasteiger partial charge < -0.3 is 4.90 Å². The molecule has 0 fully saturated rings. The van der Waals surface area contributed by atoms with Gasteiger partial charge in [-0.3, -0.25) is 24.5 Å². The van der Waals surface area contributed by atoms with Gasteiger partial charge in [0.15, 0.2) is 0 Å². The number of hydroxylamine groups is 1. The van der Waals surface area contributed by atoms with Gasteiger partial charge in [0.05, 0.1) is 5.69 Å². The van der Waals surface area contributed by atoms with Crippen LogP contribution in [0.25, 0.3) is 0 Å². The molecule has 2 rings (SSSR count). The number of anilines is 1. The fourth-order valence-electron chi connectivity index (χ4n) is 4.04. The molecule has 7 heteroatoms. The quantitative estimate of drug-likeness (QED) is 0.324. The number of allylic oxidation sites excluding steroid dienone is 3. The standard InChI is InChI=1S/C25H35N3O4/c1-18-10-9-11-19(2)24(18)28(20(3)29)22-15-13-21(14-16-22)25(31)27(4)17-8-6-5-7-12-23(30)26-32/h9-11,13,15,32H,5-8,12,14,16-17H2,1-4H3,(H,26,30). The van der Waals surface area contributed by atoms with E-state index in [0.29, 0.717) is 25.8 Å². The number of likely N-dealkylation sites (N-methyl/N-ethyl adjacent to an activating group) is 1. The lowest BCUT2D eigenvalue weighted by Crippen LogP contribution is -2.32. The highest BCUT2D eigenvalue weighted by molar-refractivity contribution is 5.97. The molecule has 32 heavy (non-hydrogen) atoms. The number of hydrogen-bond donors (Lipinski definition) is 2. The number of nitrogens with one attached hydrogen (secondary N) is 1. The molecule has 0 aromatic heterocycles. The van der Waals surface area contributed by atoms with Gasteiger partial charge in [0, 0.05) is 38.2 Å². The fourth-order valence-corrected chi connectivity index (χ4v) is 4.04. The maximum Gasteiger partial charge on any atom is 0.249 e. The molecule has 0 saturated carbocycles. The van der Waals surface area contributed by atoms with Crippen LogP contribution in [0.15, 0.2) is 41.6 Å². The minimum atomic E-state index is -0.366. The molecular formula is C25H35N3O4. The molecular weight excluding hydrogens is 406 g/mol. The van der Waals surface area contributed by atoms with Gasteiger partial charge in [-0.25, -0.2) is 5.48 Å². The fraction of sp³-hybridized carbons (Fsp3) is 0.480. The number of benzene rings is 1. The first kappa shape index (κ1) is 25.3. The third-order valence-corrected chi connectivity index (χ3v) is 5.79. The van der Waals surface area contributed by atoms with E-state index in [1.165, 1.54) is 0 Å². The van der Waals surface area contributed by atoms with Crippen LogP contribution in [-0.4, -0.2) is 41.4 Å². The largest absolute Gasteiger partial charge is 0.342 e. The Balaban J connectivity index is 1.96. The molecule has 1 aliphatic carbocycles. The summed E-state index contributed by atoms with van der Waals surface area (Å²) in [7, 11) is 1.81. The molecule has 0 bridgehead atoms. The van der Waals surface area contributed by atoms with Gasteiger partial charge in [-0.1, -0.05) is 37.1 Å². The van der Waals surface area contributed by atoms with Crippen LogP contribution >= 0.6 is 0 Å². The number of hydrogen-bond acceptors (Lipinski definition) is 4. The second-order valence-corrected chi connectivity index (χ2v) is 8.37. The molecule has 2 N–H and O–H groups in total. The number of para-hydroxylation sites is 1. The number of nitrogens with zero attached hydrogens (tertiary/aromatic N) is 2. The van der Waals surface area contributed by atoms with Gasteiger partial charge in [-0.05, 0) is 56.7 Å². The predicted octanol–water partition coefficient (Wildman–Crippen LogP) is 4.17. The average molecular weight is 442 g/mol. The van der Waals surface area contributed by atoms with Crippen LogP contribution in [0.4, 0.5) is 5.69 Å². The van der Waals surface area contributed by atoms with Crippen molar-refractivity contribution in [3.8, 4) is 0 Å². The number of carbonyl (C=O) groups excluding carboxylic acids is 3. The summed E-state index contributed by atoms with van der Waals surface area (Å²) >= 11 is 0. The second-order valence-electron chi connectivity index (χ2n) is 8.37. The number of amides is 3. The Morgan fingerprint density at radius 2 is 1.66 bits per heavy atom. The lowest BCUT2D eigenvalue weighted by atomic mass is 9.98. The van der Waals surface area contributed by atoms with Crippen molar-refractivity contribution in [1.29, 1.82) is 0 Å². The molecule has 0 aliphatic heterocycles. The van der Waals surface area contributed by atoms with Crippen molar-refractivity contribution in [2.45, 2.75) is 65.7 Å². The molecule has 7 nitrogen and oxygen atoms in total. The van der Waals surface area contributed by atoms with E-state index >= 15 is 0 Å². The van der Waals surface area contributed by atoms with Crippen molar-refractivity contribution in [2.24, 2.45) is 0 Å². The molecule has 0 atom stereocenters. The molecule has 174 valence electrons. The highest BCUT2D eigenvalue weighted by Crippen LogP contribution is 2.32. The number of unbranched alkanes of at least 4 members (excludes halogenated alkanes) is 3. The summed E-state index contributed by atoms with van der Waals surface area (Å²) in [6.45, 7) is 6.23. The Morgan fingerprint density at radius 3 is 2.22 bits per heavy atom. The first-order valence-corrected chi connectivity index (χ1v) is 11.2. The van der Waals surface area contributed by atoms with Crippen molar-refractivity contribution < 1.29 is 19.6 Å². The molecule has 1 aromatic rings. The summed E-state index contributed by atoms with van der Waals surface area (Å²) < 4.78 is 0. The van der Waals surface area contributed by atoms with Crippen LogP contribution in [0, 0.1) is 13.8 Å². The van der Waals surface area contributed by atoms with Crippen LogP contribution in [0.2, 0.25) is 0 Å². The summed E-state index contributed by atoms with van der Waals surface area (Å²) in [5.74, 6) is -0.387. The maximum absolute atomic E-state index is 12.8. The molecule has 0 saturated heterocycles. The van der Waals surface area contributed by atoms with E-state index in [4.69, 9.17) is 5.21 Å². The summed E-state index contributed by atoms with van der Waals surface area (Å²) in [5, 5.41) is 8.48. The first-order valence-electron chi connectivity index (χ1n) is 11.2.